The molecule has 134 valence electrons. The average Bonchev–Trinajstić information content (AvgIpc) is 3.23. The molecule has 1 aliphatic heterocycles. The number of anilines is 1. The maximum absolute atomic E-state index is 12.7. The third-order valence-corrected chi connectivity index (χ3v) is 5.30. The largest absolute Gasteiger partial charge is 0.353 e. The van der Waals surface area contributed by atoms with Crippen LogP contribution < -0.4 is 5.32 Å². The Balaban J connectivity index is 1.72. The summed E-state index contributed by atoms with van der Waals surface area (Å²) in [6, 6.07) is 10.9. The Morgan fingerprint density at radius 2 is 1.88 bits per heavy atom. The van der Waals surface area contributed by atoms with Gasteiger partial charge >= 0.3 is 0 Å². The summed E-state index contributed by atoms with van der Waals surface area (Å²) in [5.41, 5.74) is 4.75. The number of nitrogens with zero attached hydrogens (tertiary/aromatic N) is 2. The number of hydrogen-bond donors (Lipinski definition) is 1. The van der Waals surface area contributed by atoms with Crippen molar-refractivity contribution in [2.75, 3.05) is 18.4 Å². The fraction of sp³-hybridized carbons (Fsp3) is 0.476. The second-order valence-corrected chi connectivity index (χ2v) is 6.88. The Labute approximate surface area is 150 Å². The molecule has 1 atom stereocenters. The van der Waals surface area contributed by atoms with Crippen LogP contribution in [-0.2, 0) is 24.7 Å². The quantitative estimate of drug-likeness (QED) is 0.866. The Bertz CT molecular complexity index is 712. The maximum atomic E-state index is 12.7. The van der Waals surface area contributed by atoms with E-state index in [0.29, 0.717) is 12.6 Å². The lowest BCUT2D eigenvalue weighted by Gasteiger charge is -2.25. The fourth-order valence-electron chi connectivity index (χ4n) is 3.94. The summed E-state index contributed by atoms with van der Waals surface area (Å²) < 4.78 is 2.17. The monoisotopic (exact) mass is 339 g/mol. The molecule has 3 rings (SSSR count). The van der Waals surface area contributed by atoms with Gasteiger partial charge in [-0.2, -0.15) is 0 Å². The summed E-state index contributed by atoms with van der Waals surface area (Å²) in [5.74, 6) is 0.0942. The highest BCUT2D eigenvalue weighted by Crippen LogP contribution is 2.31. The first-order valence-electron chi connectivity index (χ1n) is 9.39. The zero-order valence-electron chi connectivity index (χ0n) is 15.6. The molecule has 1 amide bonds. The molecule has 0 unspecified atom stereocenters. The van der Waals surface area contributed by atoms with Crippen molar-refractivity contribution in [2.45, 2.75) is 45.6 Å². The van der Waals surface area contributed by atoms with Gasteiger partial charge in [-0.1, -0.05) is 32.0 Å². The second kappa shape index (κ2) is 7.87. The minimum atomic E-state index is 0.0942. The van der Waals surface area contributed by atoms with Gasteiger partial charge in [-0.3, -0.25) is 9.69 Å². The molecule has 0 radical (unpaired) electrons. The molecule has 4 heteroatoms. The molecule has 25 heavy (non-hydrogen) atoms. The topological polar surface area (TPSA) is 37.3 Å². The predicted molar refractivity (Wildman–Crippen MR) is 103 cm³/mol. The molecule has 2 heterocycles. The maximum Gasteiger partial charge on any atom is 0.238 e. The highest BCUT2D eigenvalue weighted by Gasteiger charge is 2.29. The van der Waals surface area contributed by atoms with Crippen molar-refractivity contribution in [1.82, 2.24) is 9.47 Å². The van der Waals surface area contributed by atoms with Crippen LogP contribution in [0.4, 0.5) is 5.69 Å². The first kappa shape index (κ1) is 17.7. The lowest BCUT2D eigenvalue weighted by atomic mass is 10.0. The number of carbonyl (C=O) groups is 1. The van der Waals surface area contributed by atoms with Gasteiger partial charge in [0.25, 0.3) is 0 Å². The van der Waals surface area contributed by atoms with Crippen molar-refractivity contribution in [3.63, 3.8) is 0 Å². The number of benzene rings is 1. The fourth-order valence-corrected chi connectivity index (χ4v) is 3.94. The standard InChI is InChI=1S/C21H29N3O/c1-4-16-9-6-10-17(5-2)21(16)22-20(25)15-24-14-8-12-19(24)18-11-7-13-23(18)3/h6-7,9-11,13,19H,4-5,8,12,14-15H2,1-3H3,(H,22,25)/t19-/m1/s1. The smallest absolute Gasteiger partial charge is 0.238 e. The number of aromatic nitrogens is 1. The molecule has 4 nitrogen and oxygen atoms in total. The summed E-state index contributed by atoms with van der Waals surface area (Å²) in [4.78, 5) is 15.1. The molecule has 1 aliphatic rings. The van der Waals surface area contributed by atoms with Crippen molar-refractivity contribution < 1.29 is 4.79 Å². The van der Waals surface area contributed by atoms with E-state index in [0.717, 1.165) is 37.9 Å². The van der Waals surface area contributed by atoms with Crippen molar-refractivity contribution in [1.29, 1.82) is 0 Å². The molecule has 1 fully saturated rings. The summed E-state index contributed by atoms with van der Waals surface area (Å²) >= 11 is 0. The number of hydrogen-bond acceptors (Lipinski definition) is 2. The van der Waals surface area contributed by atoms with Gasteiger partial charge in [0.2, 0.25) is 5.91 Å². The minimum absolute atomic E-state index is 0.0942. The number of amides is 1. The Hall–Kier alpha value is -2.07. The molecular formula is C21H29N3O. The Morgan fingerprint density at radius 3 is 2.48 bits per heavy atom. The van der Waals surface area contributed by atoms with Crippen molar-refractivity contribution in [2.24, 2.45) is 7.05 Å². The molecule has 0 bridgehead atoms. The third kappa shape index (κ3) is 3.79. The zero-order chi connectivity index (χ0) is 17.8. The van der Waals surface area contributed by atoms with Gasteiger partial charge in [-0.05, 0) is 55.5 Å². The molecule has 0 saturated carbocycles. The molecule has 0 spiro atoms. The van der Waals surface area contributed by atoms with Gasteiger partial charge in [0.15, 0.2) is 0 Å². The van der Waals surface area contributed by atoms with E-state index in [2.05, 4.69) is 72.2 Å². The van der Waals surface area contributed by atoms with E-state index in [1.807, 2.05) is 0 Å². The van der Waals surface area contributed by atoms with Gasteiger partial charge in [0, 0.05) is 24.6 Å². The summed E-state index contributed by atoms with van der Waals surface area (Å²) in [7, 11) is 2.08. The highest BCUT2D eigenvalue weighted by atomic mass is 16.2. The molecule has 0 aliphatic carbocycles. The zero-order valence-corrected chi connectivity index (χ0v) is 15.6. The van der Waals surface area contributed by atoms with Crippen LogP contribution in [0.3, 0.4) is 0 Å². The first-order chi connectivity index (χ1) is 12.1. The van der Waals surface area contributed by atoms with Crippen molar-refractivity contribution >= 4 is 11.6 Å². The van der Waals surface area contributed by atoms with Crippen LogP contribution in [0.25, 0.3) is 0 Å². The van der Waals surface area contributed by atoms with Crippen LogP contribution in [0.1, 0.15) is 49.6 Å². The molecule has 2 aromatic rings. The van der Waals surface area contributed by atoms with Crippen LogP contribution in [0.5, 0.6) is 0 Å². The van der Waals surface area contributed by atoms with E-state index < -0.39 is 0 Å². The molecule has 1 aromatic heterocycles. The van der Waals surface area contributed by atoms with E-state index in [4.69, 9.17) is 0 Å². The number of aryl methyl sites for hydroxylation is 3. The minimum Gasteiger partial charge on any atom is -0.353 e. The second-order valence-electron chi connectivity index (χ2n) is 6.88. The van der Waals surface area contributed by atoms with E-state index >= 15 is 0 Å². The van der Waals surface area contributed by atoms with Crippen LogP contribution in [-0.4, -0.2) is 28.5 Å². The SMILES string of the molecule is CCc1cccc(CC)c1NC(=O)CN1CCC[C@@H]1c1cccn1C. The van der Waals surface area contributed by atoms with E-state index in [9.17, 15) is 4.79 Å². The van der Waals surface area contributed by atoms with Gasteiger partial charge in [0.05, 0.1) is 12.6 Å². The van der Waals surface area contributed by atoms with Gasteiger partial charge in [-0.25, -0.2) is 0 Å². The average molecular weight is 339 g/mol. The molecule has 1 N–H and O–H groups in total. The number of nitrogens with one attached hydrogen (secondary N) is 1. The number of likely N-dealkylation sites (tertiary alicyclic amines) is 1. The first-order valence-corrected chi connectivity index (χ1v) is 9.39. The predicted octanol–water partition coefficient (Wildman–Crippen LogP) is 3.93. The number of para-hydroxylation sites is 1. The van der Waals surface area contributed by atoms with Crippen molar-refractivity contribution in [3.8, 4) is 0 Å². The highest BCUT2D eigenvalue weighted by molar-refractivity contribution is 5.94. The van der Waals surface area contributed by atoms with E-state index in [-0.39, 0.29) is 5.91 Å². The molecular weight excluding hydrogens is 310 g/mol. The van der Waals surface area contributed by atoms with Crippen molar-refractivity contribution in [3.05, 3.63) is 53.3 Å². The Kier molecular flexibility index (Phi) is 5.59. The van der Waals surface area contributed by atoms with E-state index in [1.54, 1.807) is 0 Å². The van der Waals surface area contributed by atoms with Gasteiger partial charge < -0.3 is 9.88 Å². The third-order valence-electron chi connectivity index (χ3n) is 5.30. The van der Waals surface area contributed by atoms with E-state index in [1.165, 1.54) is 16.8 Å². The normalized spacial score (nSPS) is 17.8. The lowest BCUT2D eigenvalue weighted by molar-refractivity contribution is -0.117. The summed E-state index contributed by atoms with van der Waals surface area (Å²) in [5, 5.41) is 3.20. The van der Waals surface area contributed by atoms with Crippen LogP contribution in [0.2, 0.25) is 0 Å². The number of carbonyl (C=O) groups excluding carboxylic acids is 1. The van der Waals surface area contributed by atoms with Gasteiger partial charge in [-0.15, -0.1) is 0 Å². The molecule has 1 aromatic carbocycles. The summed E-state index contributed by atoms with van der Waals surface area (Å²) in [6.45, 7) is 5.71. The Morgan fingerprint density at radius 1 is 1.16 bits per heavy atom. The van der Waals surface area contributed by atoms with Crippen LogP contribution in [0.15, 0.2) is 36.5 Å². The van der Waals surface area contributed by atoms with Crippen LogP contribution in [0, 0.1) is 0 Å². The van der Waals surface area contributed by atoms with Crippen LogP contribution >= 0.6 is 0 Å². The van der Waals surface area contributed by atoms with Gasteiger partial charge in [0.1, 0.15) is 0 Å². The lowest BCUT2D eigenvalue weighted by Crippen LogP contribution is -2.33. The number of rotatable bonds is 6. The molecule has 1 saturated heterocycles. The summed E-state index contributed by atoms with van der Waals surface area (Å²) in [6.07, 6.45) is 6.21.